The second-order valence-electron chi connectivity index (χ2n) is 4.32. The van der Waals surface area contributed by atoms with E-state index < -0.39 is 0 Å². The molecule has 0 unspecified atom stereocenters. The van der Waals surface area contributed by atoms with Gasteiger partial charge in [-0.25, -0.2) is 0 Å². The first-order valence-electron chi connectivity index (χ1n) is 5.98. The maximum atomic E-state index is 9.64. The van der Waals surface area contributed by atoms with E-state index in [4.69, 9.17) is 9.47 Å². The van der Waals surface area contributed by atoms with Crippen LogP contribution >= 0.6 is 0 Å². The molecule has 1 heterocycles. The molecule has 1 aromatic rings. The Bertz CT molecular complexity index is 362. The molecular weight excluding hydrogens is 218 g/mol. The third-order valence-corrected chi connectivity index (χ3v) is 3.11. The maximum absolute atomic E-state index is 9.64. The zero-order chi connectivity index (χ0) is 12.1. The van der Waals surface area contributed by atoms with Crippen molar-refractivity contribution in [1.29, 1.82) is 0 Å². The van der Waals surface area contributed by atoms with Crippen LogP contribution in [0.15, 0.2) is 18.2 Å². The highest BCUT2D eigenvalue weighted by atomic mass is 16.5. The van der Waals surface area contributed by atoms with E-state index in [9.17, 15) is 5.11 Å². The Labute approximate surface area is 102 Å². The van der Waals surface area contributed by atoms with Gasteiger partial charge in [-0.1, -0.05) is 0 Å². The molecule has 0 aliphatic carbocycles. The number of methoxy groups -OCH3 is 1. The average Bonchev–Trinajstić information content (AvgIpc) is 2.38. The Kier molecular flexibility index (Phi) is 4.09. The van der Waals surface area contributed by atoms with Gasteiger partial charge in [0.1, 0.15) is 0 Å². The quantitative estimate of drug-likeness (QED) is 0.843. The third-order valence-electron chi connectivity index (χ3n) is 3.11. The Morgan fingerprint density at radius 2 is 2.18 bits per heavy atom. The number of rotatable bonds is 4. The first-order valence-corrected chi connectivity index (χ1v) is 5.98. The zero-order valence-electron chi connectivity index (χ0n) is 10.1. The lowest BCUT2D eigenvalue weighted by molar-refractivity contribution is 0.0699. The minimum Gasteiger partial charge on any atom is -0.504 e. The van der Waals surface area contributed by atoms with Gasteiger partial charge in [-0.3, -0.25) is 0 Å². The fraction of sp³-hybridized carbons (Fsp3) is 0.538. The Morgan fingerprint density at radius 3 is 2.82 bits per heavy atom. The van der Waals surface area contributed by atoms with Gasteiger partial charge in [0.2, 0.25) is 0 Å². The fourth-order valence-corrected chi connectivity index (χ4v) is 2.01. The summed E-state index contributed by atoms with van der Waals surface area (Å²) in [5, 5.41) is 13.0. The summed E-state index contributed by atoms with van der Waals surface area (Å²) < 4.78 is 10.3. The number of phenols is 1. The molecule has 0 radical (unpaired) electrons. The predicted molar refractivity (Wildman–Crippen MR) is 66.7 cm³/mol. The topological polar surface area (TPSA) is 50.7 Å². The van der Waals surface area contributed by atoms with Crippen molar-refractivity contribution < 1.29 is 14.6 Å². The fourth-order valence-electron chi connectivity index (χ4n) is 2.01. The molecule has 2 N–H and O–H groups in total. The van der Waals surface area contributed by atoms with E-state index in [2.05, 4.69) is 5.32 Å². The maximum Gasteiger partial charge on any atom is 0.160 e. The van der Waals surface area contributed by atoms with Crippen LogP contribution in [0.4, 0.5) is 5.69 Å². The molecule has 1 aliphatic rings. The van der Waals surface area contributed by atoms with Crippen LogP contribution in [0.5, 0.6) is 11.5 Å². The SMILES string of the molecule is COc1ccc(NCC2CCOCC2)cc1O. The smallest absolute Gasteiger partial charge is 0.160 e. The van der Waals surface area contributed by atoms with Crippen LogP contribution in [-0.2, 0) is 4.74 Å². The lowest BCUT2D eigenvalue weighted by Gasteiger charge is -2.22. The highest BCUT2D eigenvalue weighted by Crippen LogP contribution is 2.28. The molecule has 0 aromatic heterocycles. The van der Waals surface area contributed by atoms with Gasteiger partial charge in [0.05, 0.1) is 7.11 Å². The molecule has 1 aromatic carbocycles. The molecule has 94 valence electrons. The number of hydrogen-bond donors (Lipinski definition) is 2. The summed E-state index contributed by atoms with van der Waals surface area (Å²) in [7, 11) is 1.55. The van der Waals surface area contributed by atoms with Crippen LogP contribution in [-0.4, -0.2) is 32.0 Å². The standard InChI is InChI=1S/C13H19NO3/c1-16-13-3-2-11(8-12(13)15)14-9-10-4-6-17-7-5-10/h2-3,8,10,14-15H,4-7,9H2,1H3. The van der Waals surface area contributed by atoms with Crippen molar-refractivity contribution in [2.24, 2.45) is 5.92 Å². The van der Waals surface area contributed by atoms with Gasteiger partial charge in [-0.2, -0.15) is 0 Å². The molecular formula is C13H19NO3. The lowest BCUT2D eigenvalue weighted by Crippen LogP contribution is -2.22. The van der Waals surface area contributed by atoms with E-state index in [1.807, 2.05) is 6.07 Å². The van der Waals surface area contributed by atoms with Crippen LogP contribution in [0.25, 0.3) is 0 Å². The molecule has 0 amide bonds. The summed E-state index contributed by atoms with van der Waals surface area (Å²) in [6.45, 7) is 2.65. The van der Waals surface area contributed by atoms with E-state index in [0.717, 1.165) is 38.3 Å². The van der Waals surface area contributed by atoms with Crippen molar-refractivity contribution in [2.45, 2.75) is 12.8 Å². The minimum absolute atomic E-state index is 0.171. The van der Waals surface area contributed by atoms with Gasteiger partial charge in [0.25, 0.3) is 0 Å². The highest BCUT2D eigenvalue weighted by Gasteiger charge is 2.13. The van der Waals surface area contributed by atoms with E-state index in [-0.39, 0.29) is 5.75 Å². The average molecular weight is 237 g/mol. The van der Waals surface area contributed by atoms with Gasteiger partial charge in [-0.15, -0.1) is 0 Å². The number of nitrogens with one attached hydrogen (secondary N) is 1. The molecule has 17 heavy (non-hydrogen) atoms. The van der Waals surface area contributed by atoms with Gasteiger partial charge in [-0.05, 0) is 30.9 Å². The Morgan fingerprint density at radius 1 is 1.41 bits per heavy atom. The summed E-state index contributed by atoms with van der Waals surface area (Å²) in [5.74, 6) is 1.33. The molecule has 1 saturated heterocycles. The summed E-state index contributed by atoms with van der Waals surface area (Å²) in [6, 6.07) is 5.37. The lowest BCUT2D eigenvalue weighted by atomic mass is 10.0. The van der Waals surface area contributed by atoms with Crippen molar-refractivity contribution in [3.63, 3.8) is 0 Å². The second kappa shape index (κ2) is 5.77. The van der Waals surface area contributed by atoms with E-state index >= 15 is 0 Å². The predicted octanol–water partition coefficient (Wildman–Crippen LogP) is 2.24. The minimum atomic E-state index is 0.171. The summed E-state index contributed by atoms with van der Waals surface area (Å²) in [6.07, 6.45) is 2.21. The number of aromatic hydroxyl groups is 1. The van der Waals surface area contributed by atoms with Crippen molar-refractivity contribution in [3.05, 3.63) is 18.2 Å². The first kappa shape index (κ1) is 12.0. The van der Waals surface area contributed by atoms with Crippen LogP contribution < -0.4 is 10.1 Å². The van der Waals surface area contributed by atoms with Crippen LogP contribution in [0.2, 0.25) is 0 Å². The van der Waals surface area contributed by atoms with Gasteiger partial charge in [0.15, 0.2) is 11.5 Å². The molecule has 1 aliphatic heterocycles. The molecule has 1 fully saturated rings. The molecule has 0 saturated carbocycles. The summed E-state index contributed by atoms with van der Waals surface area (Å²) >= 11 is 0. The highest BCUT2D eigenvalue weighted by molar-refractivity contribution is 5.54. The van der Waals surface area contributed by atoms with Gasteiger partial charge < -0.3 is 19.9 Å². The van der Waals surface area contributed by atoms with Crippen molar-refractivity contribution >= 4 is 5.69 Å². The number of hydrogen-bond acceptors (Lipinski definition) is 4. The number of anilines is 1. The number of ether oxygens (including phenoxy) is 2. The summed E-state index contributed by atoms with van der Waals surface area (Å²) in [4.78, 5) is 0. The molecule has 4 nitrogen and oxygen atoms in total. The molecule has 2 rings (SSSR count). The van der Waals surface area contributed by atoms with E-state index in [0.29, 0.717) is 11.7 Å². The monoisotopic (exact) mass is 237 g/mol. The van der Waals surface area contributed by atoms with Gasteiger partial charge >= 0.3 is 0 Å². The van der Waals surface area contributed by atoms with Crippen LogP contribution in [0, 0.1) is 5.92 Å². The van der Waals surface area contributed by atoms with Crippen LogP contribution in [0.3, 0.4) is 0 Å². The van der Waals surface area contributed by atoms with Crippen molar-refractivity contribution in [3.8, 4) is 11.5 Å². The number of phenolic OH excluding ortho intramolecular Hbond substituents is 1. The largest absolute Gasteiger partial charge is 0.504 e. The Hall–Kier alpha value is -1.42. The normalized spacial score (nSPS) is 16.8. The van der Waals surface area contributed by atoms with E-state index in [1.165, 1.54) is 0 Å². The first-order chi connectivity index (χ1) is 8.29. The second-order valence-corrected chi connectivity index (χ2v) is 4.32. The van der Waals surface area contributed by atoms with Gasteiger partial charge in [0, 0.05) is 31.5 Å². The zero-order valence-corrected chi connectivity index (χ0v) is 10.1. The molecule has 0 atom stereocenters. The summed E-state index contributed by atoms with van der Waals surface area (Å²) in [5.41, 5.74) is 0.926. The van der Waals surface area contributed by atoms with Crippen molar-refractivity contribution in [2.75, 3.05) is 32.2 Å². The Balaban J connectivity index is 1.87. The molecule has 0 bridgehead atoms. The molecule has 0 spiro atoms. The van der Waals surface area contributed by atoms with Crippen LogP contribution in [0.1, 0.15) is 12.8 Å². The third kappa shape index (κ3) is 3.27. The van der Waals surface area contributed by atoms with E-state index in [1.54, 1.807) is 19.2 Å². The molecule has 4 heteroatoms. The van der Waals surface area contributed by atoms with Crippen molar-refractivity contribution in [1.82, 2.24) is 0 Å². The number of benzene rings is 1.